The fourth-order valence-corrected chi connectivity index (χ4v) is 6.68. The molecule has 31 heavy (non-hydrogen) atoms. The van der Waals surface area contributed by atoms with Crippen LogP contribution in [0, 0.1) is 17.8 Å². The number of rotatable bonds is 7. The molecule has 0 radical (unpaired) electrons. The van der Waals surface area contributed by atoms with Crippen LogP contribution in [0.1, 0.15) is 38.2 Å². The Balaban J connectivity index is 1.35. The zero-order valence-corrected chi connectivity index (χ0v) is 19.6. The summed E-state index contributed by atoms with van der Waals surface area (Å²) >= 11 is 11.9. The molecule has 2 aromatic carbocycles. The summed E-state index contributed by atoms with van der Waals surface area (Å²) in [5, 5.41) is 3.61. The van der Waals surface area contributed by atoms with Crippen LogP contribution in [0.5, 0.6) is 0 Å². The van der Waals surface area contributed by atoms with Crippen molar-refractivity contribution in [3.05, 3.63) is 58.1 Å². The van der Waals surface area contributed by atoms with Crippen LogP contribution in [0.15, 0.2) is 47.4 Å². The molecule has 0 aliphatic heterocycles. The van der Waals surface area contributed by atoms with Gasteiger partial charge in [-0.15, -0.1) is 0 Å². The Labute approximate surface area is 193 Å². The topological polar surface area (TPSA) is 75.3 Å². The Morgan fingerprint density at radius 1 is 1.06 bits per heavy atom. The minimum atomic E-state index is -3.61. The largest absolute Gasteiger partial charge is 0.326 e. The third-order valence-electron chi connectivity index (χ3n) is 6.57. The van der Waals surface area contributed by atoms with E-state index in [1.807, 2.05) is 6.92 Å². The van der Waals surface area contributed by atoms with E-state index in [4.69, 9.17) is 23.2 Å². The number of hydrogen-bond donors (Lipinski definition) is 2. The predicted octanol–water partition coefficient (Wildman–Crippen LogP) is 5.28. The number of nitrogens with one attached hydrogen (secondary N) is 2. The normalized spacial score (nSPS) is 23.6. The van der Waals surface area contributed by atoms with Crippen LogP contribution >= 0.6 is 23.2 Å². The van der Waals surface area contributed by atoms with Crippen molar-refractivity contribution in [1.29, 1.82) is 0 Å². The molecule has 4 atom stereocenters. The number of amides is 1. The molecule has 2 aliphatic carbocycles. The van der Waals surface area contributed by atoms with E-state index in [1.165, 1.54) is 31.4 Å². The lowest BCUT2D eigenvalue weighted by atomic mass is 9.84. The molecule has 2 N–H and O–H groups in total. The molecular formula is C23H26Cl2N2O3S. The highest BCUT2D eigenvalue weighted by Gasteiger charge is 2.42. The van der Waals surface area contributed by atoms with Crippen LogP contribution in [-0.2, 0) is 21.2 Å². The van der Waals surface area contributed by atoms with E-state index in [0.717, 1.165) is 17.9 Å². The second-order valence-electron chi connectivity index (χ2n) is 8.75. The Morgan fingerprint density at radius 2 is 1.81 bits per heavy atom. The summed E-state index contributed by atoms with van der Waals surface area (Å²) < 4.78 is 28.5. The molecule has 2 saturated carbocycles. The van der Waals surface area contributed by atoms with E-state index in [0.29, 0.717) is 27.6 Å². The lowest BCUT2D eigenvalue weighted by Crippen LogP contribution is -2.40. The fraction of sp³-hybridized carbons (Fsp3) is 0.435. The van der Waals surface area contributed by atoms with Gasteiger partial charge in [0.2, 0.25) is 15.9 Å². The van der Waals surface area contributed by atoms with Crippen molar-refractivity contribution < 1.29 is 13.2 Å². The van der Waals surface area contributed by atoms with Gasteiger partial charge < -0.3 is 5.32 Å². The molecule has 0 aromatic heterocycles. The van der Waals surface area contributed by atoms with Gasteiger partial charge in [0.25, 0.3) is 0 Å². The first-order chi connectivity index (χ1) is 14.7. The highest BCUT2D eigenvalue weighted by molar-refractivity contribution is 7.89. The zero-order valence-electron chi connectivity index (χ0n) is 17.3. The Morgan fingerprint density at radius 3 is 2.42 bits per heavy atom. The van der Waals surface area contributed by atoms with Crippen molar-refractivity contribution in [2.45, 2.75) is 50.0 Å². The molecule has 5 nitrogen and oxygen atoms in total. The Bertz CT molecular complexity index is 1070. The molecule has 0 unspecified atom stereocenters. The molecule has 2 aliphatic rings. The van der Waals surface area contributed by atoms with Gasteiger partial charge in [-0.05, 0) is 85.9 Å². The molecule has 2 fully saturated rings. The molecular weight excluding hydrogens is 455 g/mol. The summed E-state index contributed by atoms with van der Waals surface area (Å²) in [7, 11) is -3.61. The molecule has 166 valence electrons. The molecule has 2 bridgehead atoms. The monoisotopic (exact) mass is 480 g/mol. The molecule has 4 rings (SSSR count). The van der Waals surface area contributed by atoms with Crippen LogP contribution in [-0.4, -0.2) is 20.4 Å². The fourth-order valence-electron chi connectivity index (χ4n) is 5.06. The minimum Gasteiger partial charge on any atom is -0.326 e. The quantitative estimate of drug-likeness (QED) is 0.565. The van der Waals surface area contributed by atoms with Crippen LogP contribution in [0.4, 0.5) is 5.69 Å². The number of benzene rings is 2. The van der Waals surface area contributed by atoms with Gasteiger partial charge in [-0.2, -0.15) is 0 Å². The van der Waals surface area contributed by atoms with Gasteiger partial charge in [0.1, 0.15) is 0 Å². The molecule has 1 amide bonds. The number of halogens is 2. The third-order valence-corrected chi connectivity index (χ3v) is 8.89. The van der Waals surface area contributed by atoms with Gasteiger partial charge in [-0.3, -0.25) is 4.79 Å². The maximum atomic E-state index is 12.8. The highest BCUT2D eigenvalue weighted by Crippen LogP contribution is 2.49. The lowest BCUT2D eigenvalue weighted by Gasteiger charge is -2.28. The second kappa shape index (κ2) is 9.10. The van der Waals surface area contributed by atoms with Gasteiger partial charge in [0.05, 0.1) is 21.4 Å². The number of carbonyl (C=O) groups excluding carboxylic acids is 1. The standard InChI is InChI=1S/C23H26Cl2N2O3S/c1-14(20-11-15-2-4-17(20)10-15)27-31(29,30)19-7-5-18(6-8-19)26-23(28)13-16-3-9-21(24)22(25)12-16/h3,5-9,12,14-15,17,20,27H,2,4,10-11,13H2,1H3,(H,26,28)/t14-,15-,17-,20+/m0/s1. The number of sulfonamides is 1. The molecule has 2 aromatic rings. The first kappa shape index (κ1) is 22.6. The maximum Gasteiger partial charge on any atom is 0.240 e. The van der Waals surface area contributed by atoms with Crippen LogP contribution < -0.4 is 10.0 Å². The van der Waals surface area contributed by atoms with Gasteiger partial charge in [0, 0.05) is 11.7 Å². The highest BCUT2D eigenvalue weighted by atomic mass is 35.5. The number of hydrogen-bond acceptors (Lipinski definition) is 3. The summed E-state index contributed by atoms with van der Waals surface area (Å²) in [5.41, 5.74) is 1.27. The second-order valence-corrected chi connectivity index (χ2v) is 11.3. The summed E-state index contributed by atoms with van der Waals surface area (Å²) in [5.74, 6) is 1.62. The summed E-state index contributed by atoms with van der Waals surface area (Å²) in [4.78, 5) is 12.5. The van der Waals surface area contributed by atoms with E-state index in [9.17, 15) is 13.2 Å². The van der Waals surface area contributed by atoms with Crippen LogP contribution in [0.3, 0.4) is 0 Å². The molecule has 0 saturated heterocycles. The number of anilines is 1. The van der Waals surface area contributed by atoms with Crippen molar-refractivity contribution in [3.63, 3.8) is 0 Å². The SMILES string of the molecule is C[C@H](NS(=O)(=O)c1ccc(NC(=O)Cc2ccc(Cl)c(Cl)c2)cc1)[C@H]1C[C@H]2CC[C@H]1C2. The van der Waals surface area contributed by atoms with Gasteiger partial charge >= 0.3 is 0 Å². The van der Waals surface area contributed by atoms with Gasteiger partial charge in [-0.1, -0.05) is 35.7 Å². The van der Waals surface area contributed by atoms with Crippen molar-refractivity contribution >= 4 is 44.8 Å². The van der Waals surface area contributed by atoms with Crippen LogP contribution in [0.2, 0.25) is 10.0 Å². The minimum absolute atomic E-state index is 0.0779. The van der Waals surface area contributed by atoms with Crippen molar-refractivity contribution in [3.8, 4) is 0 Å². The summed E-state index contributed by atoms with van der Waals surface area (Å²) in [6.45, 7) is 1.97. The molecule has 0 heterocycles. The van der Waals surface area contributed by atoms with Crippen LogP contribution in [0.25, 0.3) is 0 Å². The van der Waals surface area contributed by atoms with Crippen molar-refractivity contribution in [2.75, 3.05) is 5.32 Å². The van der Waals surface area contributed by atoms with Crippen molar-refractivity contribution in [2.24, 2.45) is 17.8 Å². The van der Waals surface area contributed by atoms with E-state index < -0.39 is 10.0 Å². The average Bonchev–Trinajstić information content (AvgIpc) is 3.34. The predicted molar refractivity (Wildman–Crippen MR) is 124 cm³/mol. The number of fused-ring (bicyclic) bond motifs is 2. The van der Waals surface area contributed by atoms with E-state index in [2.05, 4.69) is 10.0 Å². The number of carbonyl (C=O) groups is 1. The summed E-state index contributed by atoms with van der Waals surface area (Å²) in [6, 6.07) is 11.2. The smallest absolute Gasteiger partial charge is 0.240 e. The van der Waals surface area contributed by atoms with E-state index in [-0.39, 0.29) is 23.3 Å². The van der Waals surface area contributed by atoms with E-state index in [1.54, 1.807) is 30.3 Å². The zero-order chi connectivity index (χ0) is 22.2. The Kier molecular flexibility index (Phi) is 6.63. The molecule has 8 heteroatoms. The Hall–Kier alpha value is -1.60. The molecule has 0 spiro atoms. The average molecular weight is 481 g/mol. The first-order valence-corrected chi connectivity index (χ1v) is 12.8. The first-order valence-electron chi connectivity index (χ1n) is 10.6. The van der Waals surface area contributed by atoms with Gasteiger partial charge in [-0.25, -0.2) is 13.1 Å². The summed E-state index contributed by atoms with van der Waals surface area (Å²) in [6.07, 6.45) is 5.02. The third kappa shape index (κ3) is 5.25. The maximum absolute atomic E-state index is 12.8. The van der Waals surface area contributed by atoms with E-state index >= 15 is 0 Å². The van der Waals surface area contributed by atoms with Crippen molar-refractivity contribution in [1.82, 2.24) is 4.72 Å². The van der Waals surface area contributed by atoms with Gasteiger partial charge in [0.15, 0.2) is 0 Å². The lowest BCUT2D eigenvalue weighted by molar-refractivity contribution is -0.115.